The molecule has 132 valence electrons. The van der Waals surface area contributed by atoms with Gasteiger partial charge in [-0.1, -0.05) is 35.3 Å². The number of halogens is 2. The number of phenolic OH excluding ortho intramolecular Hbond substituents is 1. The Kier molecular flexibility index (Phi) is 5.91. The maximum atomic E-state index is 12.5. The van der Waals surface area contributed by atoms with Crippen LogP contribution in [0, 0.1) is 0 Å². The highest BCUT2D eigenvalue weighted by Gasteiger charge is 2.17. The summed E-state index contributed by atoms with van der Waals surface area (Å²) < 4.78 is 27.2. The maximum Gasteiger partial charge on any atom is 0.267 e. The van der Waals surface area contributed by atoms with Crippen LogP contribution in [0.4, 0.5) is 5.69 Å². The van der Waals surface area contributed by atoms with Crippen LogP contribution in [0.25, 0.3) is 6.08 Å². The molecule has 0 atom stereocenters. The molecule has 0 radical (unpaired) electrons. The van der Waals surface area contributed by atoms with Gasteiger partial charge in [0.15, 0.2) is 0 Å². The van der Waals surface area contributed by atoms with Gasteiger partial charge in [0.1, 0.15) is 5.75 Å². The van der Waals surface area contributed by atoms with Gasteiger partial charge in [-0.25, -0.2) is 13.9 Å². The van der Waals surface area contributed by atoms with E-state index in [0.29, 0.717) is 5.56 Å². The van der Waals surface area contributed by atoms with E-state index in [0.717, 1.165) is 12.1 Å². The summed E-state index contributed by atoms with van der Waals surface area (Å²) in [4.78, 5) is 10.9. The summed E-state index contributed by atoms with van der Waals surface area (Å²) in [6, 6.07) is 8.03. The molecule has 2 aromatic rings. The van der Waals surface area contributed by atoms with E-state index in [2.05, 4.69) is 4.72 Å². The first-order chi connectivity index (χ1) is 11.7. The average molecular weight is 403 g/mol. The molecule has 4 N–H and O–H groups in total. The zero-order valence-electron chi connectivity index (χ0n) is 12.4. The fraction of sp³-hybridized carbons (Fsp3) is 0. The average Bonchev–Trinajstić information content (AvgIpc) is 2.57. The van der Waals surface area contributed by atoms with Crippen LogP contribution in [-0.4, -0.2) is 24.6 Å². The molecule has 25 heavy (non-hydrogen) atoms. The third-order valence-electron chi connectivity index (χ3n) is 2.99. The predicted octanol–water partition coefficient (Wildman–Crippen LogP) is 3.02. The molecule has 0 aliphatic carbocycles. The van der Waals surface area contributed by atoms with E-state index in [1.165, 1.54) is 35.8 Å². The van der Waals surface area contributed by atoms with Crippen LogP contribution in [0.2, 0.25) is 10.0 Å². The number of hydroxylamine groups is 1. The van der Waals surface area contributed by atoms with Gasteiger partial charge in [-0.2, -0.15) is 0 Å². The first-order valence-corrected chi connectivity index (χ1v) is 8.90. The van der Waals surface area contributed by atoms with Crippen LogP contribution in [0.5, 0.6) is 5.75 Å². The lowest BCUT2D eigenvalue weighted by atomic mass is 10.2. The van der Waals surface area contributed by atoms with Crippen molar-refractivity contribution in [3.63, 3.8) is 0 Å². The number of anilines is 1. The zero-order valence-corrected chi connectivity index (χ0v) is 14.7. The second kappa shape index (κ2) is 7.75. The minimum absolute atomic E-state index is 0.00469. The van der Waals surface area contributed by atoms with Crippen molar-refractivity contribution >= 4 is 50.9 Å². The molecule has 2 aromatic carbocycles. The largest absolute Gasteiger partial charge is 0.506 e. The molecule has 0 saturated heterocycles. The molecule has 1 amide bonds. The van der Waals surface area contributed by atoms with Crippen molar-refractivity contribution in [3.05, 3.63) is 58.1 Å². The van der Waals surface area contributed by atoms with Crippen molar-refractivity contribution in [2.45, 2.75) is 4.90 Å². The molecular weight excluding hydrogens is 391 g/mol. The number of nitrogens with one attached hydrogen (secondary N) is 2. The Morgan fingerprint density at radius 1 is 1.12 bits per heavy atom. The van der Waals surface area contributed by atoms with Crippen LogP contribution < -0.4 is 10.2 Å². The van der Waals surface area contributed by atoms with E-state index in [1.807, 2.05) is 0 Å². The number of hydrogen-bond donors (Lipinski definition) is 4. The lowest BCUT2D eigenvalue weighted by molar-refractivity contribution is -0.124. The summed E-state index contributed by atoms with van der Waals surface area (Å²) >= 11 is 11.7. The number of hydrogen-bond acceptors (Lipinski definition) is 5. The summed E-state index contributed by atoms with van der Waals surface area (Å²) in [5, 5.41) is 17.8. The summed E-state index contributed by atoms with van der Waals surface area (Å²) in [7, 11) is -3.99. The smallest absolute Gasteiger partial charge is 0.267 e. The van der Waals surface area contributed by atoms with Crippen LogP contribution >= 0.6 is 23.2 Å². The second-order valence-corrected chi connectivity index (χ2v) is 7.27. The molecule has 0 aromatic heterocycles. The van der Waals surface area contributed by atoms with Gasteiger partial charge < -0.3 is 5.11 Å². The highest BCUT2D eigenvalue weighted by Crippen LogP contribution is 2.34. The number of aromatic hydroxyl groups is 1. The van der Waals surface area contributed by atoms with Crippen molar-refractivity contribution in [2.24, 2.45) is 0 Å². The minimum Gasteiger partial charge on any atom is -0.506 e. The number of carbonyl (C=O) groups is 1. The number of carbonyl (C=O) groups excluding carboxylic acids is 1. The Morgan fingerprint density at radius 3 is 2.52 bits per heavy atom. The Bertz CT molecular complexity index is 945. The van der Waals surface area contributed by atoms with Gasteiger partial charge in [0.05, 0.1) is 20.6 Å². The standard InChI is InChI=1S/C15H12Cl2N2O5S/c16-11-8-14(20)12(17)7-13(11)19-25(23,24)10-3-1-2-9(6-10)4-5-15(21)18-22/h1-8,19-20,22H,(H,18,21)/b5-4+. The topological polar surface area (TPSA) is 116 Å². The number of amides is 1. The maximum absolute atomic E-state index is 12.5. The highest BCUT2D eigenvalue weighted by atomic mass is 35.5. The molecule has 0 spiro atoms. The highest BCUT2D eigenvalue weighted by molar-refractivity contribution is 7.92. The summed E-state index contributed by atoms with van der Waals surface area (Å²) in [5.41, 5.74) is 1.85. The quantitative estimate of drug-likeness (QED) is 0.265. The first kappa shape index (κ1) is 19.1. The Hall–Kier alpha value is -2.26. The molecule has 7 nitrogen and oxygen atoms in total. The van der Waals surface area contributed by atoms with Gasteiger partial charge >= 0.3 is 0 Å². The molecule has 0 saturated carbocycles. The van der Waals surface area contributed by atoms with Crippen molar-refractivity contribution in [1.29, 1.82) is 0 Å². The van der Waals surface area contributed by atoms with Crippen molar-refractivity contribution in [2.75, 3.05) is 4.72 Å². The van der Waals surface area contributed by atoms with Gasteiger partial charge in [0.25, 0.3) is 15.9 Å². The lowest BCUT2D eigenvalue weighted by Crippen LogP contribution is -2.15. The summed E-state index contributed by atoms with van der Waals surface area (Å²) in [6.07, 6.45) is 2.37. The summed E-state index contributed by atoms with van der Waals surface area (Å²) in [6.45, 7) is 0. The third kappa shape index (κ3) is 4.86. The number of phenols is 1. The predicted molar refractivity (Wildman–Crippen MR) is 94.3 cm³/mol. The van der Waals surface area contributed by atoms with E-state index in [-0.39, 0.29) is 26.4 Å². The molecular formula is C15H12Cl2N2O5S. The van der Waals surface area contributed by atoms with Crippen molar-refractivity contribution in [1.82, 2.24) is 5.48 Å². The number of sulfonamides is 1. The fourth-order valence-corrected chi connectivity index (χ4v) is 3.36. The molecule has 0 aliphatic heterocycles. The Balaban J connectivity index is 2.33. The fourth-order valence-electron chi connectivity index (χ4n) is 1.81. The zero-order chi connectivity index (χ0) is 18.6. The molecule has 10 heteroatoms. The van der Waals surface area contributed by atoms with Crippen LogP contribution in [-0.2, 0) is 14.8 Å². The molecule has 0 bridgehead atoms. The second-order valence-electron chi connectivity index (χ2n) is 4.77. The van der Waals surface area contributed by atoms with Crippen molar-refractivity contribution < 1.29 is 23.5 Å². The van der Waals surface area contributed by atoms with Gasteiger partial charge in [-0.15, -0.1) is 0 Å². The van der Waals surface area contributed by atoms with E-state index in [4.69, 9.17) is 28.4 Å². The van der Waals surface area contributed by atoms with Gasteiger partial charge in [-0.3, -0.25) is 14.7 Å². The Labute approximate surface area is 153 Å². The van der Waals surface area contributed by atoms with E-state index < -0.39 is 15.9 Å². The normalized spacial score (nSPS) is 11.5. The van der Waals surface area contributed by atoms with Crippen LogP contribution in [0.3, 0.4) is 0 Å². The van der Waals surface area contributed by atoms with Gasteiger partial charge in [0.2, 0.25) is 0 Å². The summed E-state index contributed by atoms with van der Waals surface area (Å²) in [5.74, 6) is -1.03. The minimum atomic E-state index is -3.99. The van der Waals surface area contributed by atoms with E-state index in [9.17, 15) is 18.3 Å². The molecule has 0 heterocycles. The molecule has 0 unspecified atom stereocenters. The van der Waals surface area contributed by atoms with E-state index >= 15 is 0 Å². The van der Waals surface area contributed by atoms with Crippen LogP contribution in [0.15, 0.2) is 47.4 Å². The SMILES string of the molecule is O=C(/C=C/c1cccc(S(=O)(=O)Nc2cc(Cl)c(O)cc2Cl)c1)NO. The number of rotatable bonds is 5. The number of benzene rings is 2. The van der Waals surface area contributed by atoms with Gasteiger partial charge in [-0.05, 0) is 29.8 Å². The molecule has 2 rings (SSSR count). The van der Waals surface area contributed by atoms with Crippen LogP contribution in [0.1, 0.15) is 5.56 Å². The van der Waals surface area contributed by atoms with Gasteiger partial charge in [0, 0.05) is 12.1 Å². The monoisotopic (exact) mass is 402 g/mol. The first-order valence-electron chi connectivity index (χ1n) is 6.66. The molecule has 0 aliphatic rings. The van der Waals surface area contributed by atoms with Crippen molar-refractivity contribution in [3.8, 4) is 5.75 Å². The van der Waals surface area contributed by atoms with E-state index in [1.54, 1.807) is 6.07 Å². The Morgan fingerprint density at radius 2 is 1.84 bits per heavy atom. The third-order valence-corrected chi connectivity index (χ3v) is 4.97. The lowest BCUT2D eigenvalue weighted by Gasteiger charge is -2.11. The molecule has 0 fully saturated rings.